The number of hydrogen-bond donors (Lipinski definition) is 4. The summed E-state index contributed by atoms with van der Waals surface area (Å²) in [6.07, 6.45) is -1.61. The molecule has 3 aliphatic heterocycles. The van der Waals surface area contributed by atoms with Crippen molar-refractivity contribution in [1.82, 2.24) is 0 Å². The molecular formula is C40H60O14. The maximum Gasteiger partial charge on any atom is 0.172 e. The first-order valence-corrected chi connectivity index (χ1v) is 19.7. The first kappa shape index (κ1) is 40.4. The predicted octanol–water partition coefficient (Wildman–Crippen LogP) is 3.17. The zero-order valence-electron chi connectivity index (χ0n) is 32.5. The van der Waals surface area contributed by atoms with Gasteiger partial charge in [0.15, 0.2) is 30.3 Å². The highest BCUT2D eigenvalue weighted by Crippen LogP contribution is 2.58. The lowest BCUT2D eigenvalue weighted by Crippen LogP contribution is -2.57. The number of rotatable bonds is 9. The summed E-state index contributed by atoms with van der Waals surface area (Å²) in [6, 6.07) is 1.70. The lowest BCUT2D eigenvalue weighted by Gasteiger charge is -2.55. The van der Waals surface area contributed by atoms with Gasteiger partial charge in [0.25, 0.3) is 0 Å². The largest absolute Gasteiger partial charge is 0.469 e. The number of aryl methyl sites for hydroxylation is 1. The number of carbonyl (C=O) groups is 1. The highest BCUT2D eigenvalue weighted by Gasteiger charge is 2.58. The second-order valence-electron chi connectivity index (χ2n) is 16.7. The molecule has 304 valence electrons. The topological polar surface area (TPSA) is 185 Å². The van der Waals surface area contributed by atoms with E-state index in [1.165, 1.54) is 18.9 Å². The van der Waals surface area contributed by atoms with Gasteiger partial charge in [-0.05, 0) is 77.2 Å². The van der Waals surface area contributed by atoms with Gasteiger partial charge in [0, 0.05) is 45.0 Å². The molecular weight excluding hydrogens is 704 g/mol. The normalized spacial score (nSPS) is 48.5. The Hall–Kier alpha value is -1.79. The van der Waals surface area contributed by atoms with Gasteiger partial charge in [-0.1, -0.05) is 18.6 Å². The van der Waals surface area contributed by atoms with Crippen molar-refractivity contribution < 1.29 is 67.5 Å². The van der Waals surface area contributed by atoms with Crippen LogP contribution in [0.1, 0.15) is 90.4 Å². The Bertz CT molecular complexity index is 1490. The summed E-state index contributed by atoms with van der Waals surface area (Å²) >= 11 is 0. The molecule has 0 bridgehead atoms. The summed E-state index contributed by atoms with van der Waals surface area (Å²) < 4.78 is 54.1. The number of allylic oxidation sites excluding steroid dienone is 1. The quantitative estimate of drug-likeness (QED) is 0.269. The molecule has 3 aliphatic carbocycles. The van der Waals surface area contributed by atoms with Gasteiger partial charge in [0.05, 0.1) is 55.1 Å². The molecule has 1 aromatic heterocycles. The molecule has 0 radical (unpaired) electrons. The molecule has 6 aliphatic rings. The number of ketones is 1. The van der Waals surface area contributed by atoms with Crippen molar-refractivity contribution in [3.8, 4) is 0 Å². The van der Waals surface area contributed by atoms with Crippen LogP contribution in [0.2, 0.25) is 0 Å². The number of fused-ring (bicyclic) bond motifs is 3. The van der Waals surface area contributed by atoms with E-state index in [1.807, 2.05) is 13.8 Å². The molecule has 0 amide bonds. The third-order valence-electron chi connectivity index (χ3n) is 13.5. The molecule has 0 spiro atoms. The van der Waals surface area contributed by atoms with Crippen molar-refractivity contribution in [2.75, 3.05) is 14.2 Å². The maximum absolute atomic E-state index is 13.9. The van der Waals surface area contributed by atoms with Crippen LogP contribution in [0.15, 0.2) is 28.4 Å². The molecule has 7 rings (SSSR count). The van der Waals surface area contributed by atoms with E-state index in [0.717, 1.165) is 0 Å². The molecule has 14 heteroatoms. The standard InChI is InChI=1S/C40H60O14/c1-19-25(11-13-48-19)40(45)12-10-26-24(38(40)44)9-8-23-14-29(28(42)18-39(23,26)5)52-33-17-31(47-7)37(22(4)51-33)54-32-15-27(41)36(21(3)50-32)53-34-16-30(46-6)35(43)20(2)49-34/h8,11,13,20-22,24,26-37,41-43,45H,9-10,12,14-18H2,1-7H3/t20-,21-,22-,24?,26?,27-,28+,29+,30+,31+,32-,33+,34-,35-,36+,37-,39-,40-/m0/s1. The average Bonchev–Trinajstić information content (AvgIpc) is 3.57. The van der Waals surface area contributed by atoms with Crippen molar-refractivity contribution in [2.45, 2.75) is 178 Å². The summed E-state index contributed by atoms with van der Waals surface area (Å²) in [5.41, 5.74) is -0.237. The second kappa shape index (κ2) is 15.9. The van der Waals surface area contributed by atoms with Crippen LogP contribution >= 0.6 is 0 Å². The Morgan fingerprint density at radius 2 is 1.44 bits per heavy atom. The van der Waals surface area contributed by atoms with Crippen LogP contribution in [-0.4, -0.2) is 126 Å². The third-order valence-corrected chi connectivity index (χ3v) is 13.5. The number of carbonyl (C=O) groups excluding carboxylic acids is 1. The van der Waals surface area contributed by atoms with Crippen LogP contribution < -0.4 is 0 Å². The van der Waals surface area contributed by atoms with E-state index < -0.39 is 97.0 Å². The zero-order valence-corrected chi connectivity index (χ0v) is 32.5. The number of furan rings is 1. The number of aliphatic hydroxyl groups excluding tert-OH is 3. The monoisotopic (exact) mass is 764 g/mol. The smallest absolute Gasteiger partial charge is 0.172 e. The van der Waals surface area contributed by atoms with Gasteiger partial charge in [-0.25, -0.2) is 0 Å². The first-order valence-electron chi connectivity index (χ1n) is 19.7. The molecule has 0 aromatic carbocycles. The van der Waals surface area contributed by atoms with Gasteiger partial charge in [0.1, 0.15) is 24.1 Å². The van der Waals surface area contributed by atoms with Gasteiger partial charge >= 0.3 is 0 Å². The average molecular weight is 765 g/mol. The van der Waals surface area contributed by atoms with Crippen molar-refractivity contribution in [2.24, 2.45) is 17.3 Å². The van der Waals surface area contributed by atoms with Gasteiger partial charge < -0.3 is 62.7 Å². The van der Waals surface area contributed by atoms with Gasteiger partial charge in [0.2, 0.25) is 0 Å². The molecule has 1 aromatic rings. The van der Waals surface area contributed by atoms with E-state index in [-0.39, 0.29) is 24.0 Å². The van der Waals surface area contributed by atoms with Gasteiger partial charge in [-0.3, -0.25) is 4.79 Å². The summed E-state index contributed by atoms with van der Waals surface area (Å²) in [6.45, 7) is 9.36. The molecule has 3 saturated heterocycles. The summed E-state index contributed by atoms with van der Waals surface area (Å²) in [7, 11) is 3.15. The van der Waals surface area contributed by atoms with Gasteiger partial charge in [-0.2, -0.15) is 0 Å². The molecule has 18 atom stereocenters. The van der Waals surface area contributed by atoms with E-state index in [4.69, 9.17) is 42.3 Å². The third kappa shape index (κ3) is 7.40. The van der Waals surface area contributed by atoms with Crippen molar-refractivity contribution in [1.29, 1.82) is 0 Å². The lowest BCUT2D eigenvalue weighted by atomic mass is 9.51. The van der Waals surface area contributed by atoms with Gasteiger partial charge in [-0.15, -0.1) is 0 Å². The maximum atomic E-state index is 13.9. The fraction of sp³-hybridized carbons (Fsp3) is 0.825. The van der Waals surface area contributed by atoms with E-state index in [9.17, 15) is 25.2 Å². The molecule has 14 nitrogen and oxygen atoms in total. The molecule has 5 fully saturated rings. The molecule has 2 unspecified atom stereocenters. The first-order chi connectivity index (χ1) is 25.7. The lowest BCUT2D eigenvalue weighted by molar-refractivity contribution is -0.338. The molecule has 54 heavy (non-hydrogen) atoms. The van der Waals surface area contributed by atoms with Crippen molar-refractivity contribution in [3.05, 3.63) is 35.3 Å². The van der Waals surface area contributed by atoms with Crippen LogP contribution in [0.25, 0.3) is 0 Å². The Balaban J connectivity index is 0.940. The second-order valence-corrected chi connectivity index (χ2v) is 16.7. The van der Waals surface area contributed by atoms with E-state index in [0.29, 0.717) is 56.3 Å². The minimum absolute atomic E-state index is 0.00114. The minimum Gasteiger partial charge on any atom is -0.469 e. The zero-order chi connectivity index (χ0) is 38.7. The van der Waals surface area contributed by atoms with Crippen molar-refractivity contribution in [3.63, 3.8) is 0 Å². The Kier molecular flexibility index (Phi) is 11.9. The number of aliphatic hydroxyl groups is 4. The van der Waals surface area contributed by atoms with Crippen LogP contribution in [0, 0.1) is 24.2 Å². The van der Waals surface area contributed by atoms with E-state index >= 15 is 0 Å². The Labute approximate surface area is 317 Å². The number of ether oxygens (including phenoxy) is 8. The number of Topliss-reactive ketones (excluding diaryl/α,β-unsaturated/α-hetero) is 1. The number of hydrogen-bond acceptors (Lipinski definition) is 14. The van der Waals surface area contributed by atoms with Crippen molar-refractivity contribution >= 4 is 5.78 Å². The Morgan fingerprint density at radius 1 is 0.815 bits per heavy atom. The van der Waals surface area contributed by atoms with Crippen LogP contribution in [0.3, 0.4) is 0 Å². The highest BCUT2D eigenvalue weighted by molar-refractivity contribution is 5.92. The van der Waals surface area contributed by atoms with Crippen LogP contribution in [0.4, 0.5) is 0 Å². The van der Waals surface area contributed by atoms with Crippen LogP contribution in [0.5, 0.6) is 0 Å². The van der Waals surface area contributed by atoms with Crippen LogP contribution in [-0.2, 0) is 48.3 Å². The fourth-order valence-corrected chi connectivity index (χ4v) is 10.4. The fourth-order valence-electron chi connectivity index (χ4n) is 10.4. The molecule has 4 heterocycles. The predicted molar refractivity (Wildman–Crippen MR) is 190 cm³/mol. The minimum atomic E-state index is -1.56. The SMILES string of the molecule is CO[C@@H]1C[C@H](O[C@@H]2[C@H](C)O[C@@H](O[C@H]3[C@H](C)O[C@H](O[C@@H]4CC5=CCC6C(=O)[C@@](O)(c7ccoc7C)CCC6[C@@]5(C)C[C@H]4O)C[C@H]3OC)C[C@@H]2O)O[C@@H](C)[C@@H]1O. The number of methoxy groups -OCH3 is 2. The summed E-state index contributed by atoms with van der Waals surface area (Å²) in [5, 5.41) is 44.6. The highest BCUT2D eigenvalue weighted by atomic mass is 16.7. The molecule has 2 saturated carbocycles. The van der Waals surface area contributed by atoms with E-state index in [1.54, 1.807) is 27.0 Å². The molecule has 4 N–H and O–H groups in total. The van der Waals surface area contributed by atoms with E-state index in [2.05, 4.69) is 13.0 Å². The summed E-state index contributed by atoms with van der Waals surface area (Å²) in [5.74, 6) is 0.0491. The summed E-state index contributed by atoms with van der Waals surface area (Å²) in [4.78, 5) is 13.9. The Morgan fingerprint density at radius 3 is 2.11 bits per heavy atom.